The number of rotatable bonds is 3. The second-order valence-electron chi connectivity index (χ2n) is 5.62. The number of alkyl halides is 3. The zero-order valence-corrected chi connectivity index (χ0v) is 11.9. The summed E-state index contributed by atoms with van der Waals surface area (Å²) in [4.78, 5) is 11.7. The van der Waals surface area contributed by atoms with Crippen molar-refractivity contribution in [1.82, 2.24) is 0 Å². The molecule has 0 aliphatic carbocycles. The Bertz CT molecular complexity index is 521. The summed E-state index contributed by atoms with van der Waals surface area (Å²) in [6, 6.07) is 1.65. The molecule has 1 atom stereocenters. The SMILES string of the molecule is CC(C)(C)OC(=O)[C@H](N)Cc1cccc(F)c1C(F)(F)F. The standard InChI is InChI=1S/C14H17F4NO2/c1-13(2,3)21-12(20)10(19)7-8-5-4-6-9(15)11(8)14(16,17)18/h4-6,10H,7,19H2,1-3H3/t10-/m1/s1. The van der Waals surface area contributed by atoms with Crippen LogP contribution in [0.25, 0.3) is 0 Å². The molecule has 3 nitrogen and oxygen atoms in total. The zero-order chi connectivity index (χ0) is 16.4. The highest BCUT2D eigenvalue weighted by Crippen LogP contribution is 2.34. The van der Waals surface area contributed by atoms with Gasteiger partial charge in [0.15, 0.2) is 0 Å². The predicted molar refractivity (Wildman–Crippen MR) is 68.9 cm³/mol. The molecule has 0 aromatic heterocycles. The lowest BCUT2D eigenvalue weighted by Crippen LogP contribution is -2.39. The monoisotopic (exact) mass is 307 g/mol. The lowest BCUT2D eigenvalue weighted by molar-refractivity contribution is -0.156. The van der Waals surface area contributed by atoms with E-state index in [-0.39, 0.29) is 5.56 Å². The highest BCUT2D eigenvalue weighted by atomic mass is 19.4. The Balaban J connectivity index is 2.99. The Kier molecular flexibility index (Phi) is 4.99. The van der Waals surface area contributed by atoms with Crippen molar-refractivity contribution in [2.75, 3.05) is 0 Å². The summed E-state index contributed by atoms with van der Waals surface area (Å²) < 4.78 is 56.9. The number of carbonyl (C=O) groups is 1. The molecule has 0 aliphatic rings. The summed E-state index contributed by atoms with van der Waals surface area (Å²) in [7, 11) is 0. The van der Waals surface area contributed by atoms with E-state index >= 15 is 0 Å². The van der Waals surface area contributed by atoms with Crippen molar-refractivity contribution in [2.45, 2.75) is 45.0 Å². The topological polar surface area (TPSA) is 52.3 Å². The highest BCUT2D eigenvalue weighted by Gasteiger charge is 2.37. The van der Waals surface area contributed by atoms with Crippen molar-refractivity contribution < 1.29 is 27.1 Å². The van der Waals surface area contributed by atoms with Gasteiger partial charge in [-0.05, 0) is 38.8 Å². The third-order valence-electron chi connectivity index (χ3n) is 2.53. The molecule has 0 amide bonds. The molecule has 0 spiro atoms. The van der Waals surface area contributed by atoms with Crippen LogP contribution in [0.1, 0.15) is 31.9 Å². The van der Waals surface area contributed by atoms with Gasteiger partial charge < -0.3 is 10.5 Å². The van der Waals surface area contributed by atoms with Crippen LogP contribution in [0.5, 0.6) is 0 Å². The number of halogens is 4. The van der Waals surface area contributed by atoms with E-state index in [4.69, 9.17) is 10.5 Å². The summed E-state index contributed by atoms with van der Waals surface area (Å²) in [5.74, 6) is -2.23. The van der Waals surface area contributed by atoms with Crippen molar-refractivity contribution in [3.05, 3.63) is 35.1 Å². The highest BCUT2D eigenvalue weighted by molar-refractivity contribution is 5.76. The van der Waals surface area contributed by atoms with Crippen LogP contribution in [-0.2, 0) is 22.1 Å². The second kappa shape index (κ2) is 6.01. The Morgan fingerprint density at radius 3 is 2.33 bits per heavy atom. The molecule has 0 fully saturated rings. The molecular formula is C14H17F4NO2. The first kappa shape index (κ1) is 17.4. The van der Waals surface area contributed by atoms with E-state index in [1.807, 2.05) is 0 Å². The minimum Gasteiger partial charge on any atom is -0.459 e. The molecule has 1 aromatic carbocycles. The molecule has 0 bridgehead atoms. The summed E-state index contributed by atoms with van der Waals surface area (Å²) in [5.41, 5.74) is 2.98. The van der Waals surface area contributed by atoms with Crippen LogP contribution in [0.15, 0.2) is 18.2 Å². The lowest BCUT2D eigenvalue weighted by atomic mass is 9.99. The van der Waals surface area contributed by atoms with E-state index in [1.165, 1.54) is 0 Å². The third-order valence-corrected chi connectivity index (χ3v) is 2.53. The number of hydrogen-bond acceptors (Lipinski definition) is 3. The van der Waals surface area contributed by atoms with Gasteiger partial charge in [-0.3, -0.25) is 4.79 Å². The Hall–Kier alpha value is -1.63. The van der Waals surface area contributed by atoms with E-state index in [9.17, 15) is 22.4 Å². The van der Waals surface area contributed by atoms with E-state index in [1.54, 1.807) is 20.8 Å². The van der Waals surface area contributed by atoms with Crippen LogP contribution in [0.3, 0.4) is 0 Å². The van der Waals surface area contributed by atoms with Gasteiger partial charge >= 0.3 is 12.1 Å². The van der Waals surface area contributed by atoms with Crippen LogP contribution in [0, 0.1) is 5.82 Å². The van der Waals surface area contributed by atoms with Crippen molar-refractivity contribution in [3.63, 3.8) is 0 Å². The van der Waals surface area contributed by atoms with Gasteiger partial charge in [-0.15, -0.1) is 0 Å². The summed E-state index contributed by atoms with van der Waals surface area (Å²) >= 11 is 0. The van der Waals surface area contributed by atoms with Crippen molar-refractivity contribution >= 4 is 5.97 Å². The Morgan fingerprint density at radius 2 is 1.86 bits per heavy atom. The van der Waals surface area contributed by atoms with Crippen LogP contribution in [-0.4, -0.2) is 17.6 Å². The number of carbonyl (C=O) groups excluding carboxylic acids is 1. The smallest absolute Gasteiger partial charge is 0.419 e. The van der Waals surface area contributed by atoms with Gasteiger partial charge in [0.25, 0.3) is 0 Å². The molecule has 1 aromatic rings. The normalized spacial score (nSPS) is 13.9. The molecule has 0 heterocycles. The lowest BCUT2D eigenvalue weighted by Gasteiger charge is -2.23. The van der Waals surface area contributed by atoms with Crippen LogP contribution in [0.4, 0.5) is 17.6 Å². The maximum atomic E-state index is 13.4. The molecule has 118 valence electrons. The molecule has 1 rings (SSSR count). The minimum absolute atomic E-state index is 0.374. The zero-order valence-electron chi connectivity index (χ0n) is 11.9. The average molecular weight is 307 g/mol. The number of nitrogens with two attached hydrogens (primary N) is 1. The Labute approximate surface area is 120 Å². The van der Waals surface area contributed by atoms with Crippen molar-refractivity contribution in [2.24, 2.45) is 5.73 Å². The summed E-state index contributed by atoms with van der Waals surface area (Å²) in [5, 5.41) is 0. The quantitative estimate of drug-likeness (QED) is 0.690. The molecule has 2 N–H and O–H groups in total. The van der Waals surface area contributed by atoms with Crippen LogP contribution in [0.2, 0.25) is 0 Å². The van der Waals surface area contributed by atoms with Gasteiger partial charge in [0.05, 0.1) is 5.56 Å². The molecule has 0 aliphatic heterocycles. The predicted octanol–water partition coefficient (Wildman–Crippen LogP) is 3.06. The second-order valence-corrected chi connectivity index (χ2v) is 5.62. The van der Waals surface area contributed by atoms with Gasteiger partial charge in [0, 0.05) is 0 Å². The summed E-state index contributed by atoms with van der Waals surface area (Å²) in [6.07, 6.45) is -5.31. The summed E-state index contributed by atoms with van der Waals surface area (Å²) in [6.45, 7) is 4.84. The van der Waals surface area contributed by atoms with Crippen molar-refractivity contribution in [1.29, 1.82) is 0 Å². The molecule has 21 heavy (non-hydrogen) atoms. The van der Waals surface area contributed by atoms with Gasteiger partial charge in [0.1, 0.15) is 17.5 Å². The maximum absolute atomic E-state index is 13.4. The average Bonchev–Trinajstić information content (AvgIpc) is 2.24. The molecular weight excluding hydrogens is 290 g/mol. The van der Waals surface area contributed by atoms with Crippen molar-refractivity contribution in [3.8, 4) is 0 Å². The number of hydrogen-bond donors (Lipinski definition) is 1. The maximum Gasteiger partial charge on any atom is 0.419 e. The Morgan fingerprint density at radius 1 is 1.29 bits per heavy atom. The van der Waals surface area contributed by atoms with Gasteiger partial charge in [0.2, 0.25) is 0 Å². The number of esters is 1. The fourth-order valence-corrected chi connectivity index (χ4v) is 1.75. The largest absolute Gasteiger partial charge is 0.459 e. The third kappa shape index (κ3) is 5.00. The number of ether oxygens (including phenoxy) is 1. The molecule has 0 radical (unpaired) electrons. The molecule has 0 saturated heterocycles. The number of benzene rings is 1. The van der Waals surface area contributed by atoms with Gasteiger partial charge in [-0.25, -0.2) is 4.39 Å². The van der Waals surface area contributed by atoms with E-state index in [2.05, 4.69) is 0 Å². The fourth-order valence-electron chi connectivity index (χ4n) is 1.75. The fraction of sp³-hybridized carbons (Fsp3) is 0.500. The van der Waals surface area contributed by atoms with E-state index in [0.29, 0.717) is 6.07 Å². The van der Waals surface area contributed by atoms with Gasteiger partial charge in [-0.1, -0.05) is 12.1 Å². The minimum atomic E-state index is -4.85. The molecule has 7 heteroatoms. The first-order valence-electron chi connectivity index (χ1n) is 6.25. The van der Waals surface area contributed by atoms with E-state index in [0.717, 1.165) is 12.1 Å². The molecule has 0 unspecified atom stereocenters. The van der Waals surface area contributed by atoms with Crippen LogP contribution < -0.4 is 5.73 Å². The first-order chi connectivity index (χ1) is 9.42. The molecule has 0 saturated carbocycles. The van der Waals surface area contributed by atoms with E-state index < -0.39 is 41.6 Å². The first-order valence-corrected chi connectivity index (χ1v) is 6.25. The van der Waals surface area contributed by atoms with Gasteiger partial charge in [-0.2, -0.15) is 13.2 Å². The van der Waals surface area contributed by atoms with Crippen LogP contribution >= 0.6 is 0 Å².